The third-order valence-corrected chi connectivity index (χ3v) is 6.19. The number of anilines is 1. The van der Waals surface area contributed by atoms with Crippen LogP contribution < -0.4 is 14.4 Å². The molecular formula is C26H20N2O4S. The summed E-state index contributed by atoms with van der Waals surface area (Å²) in [4.78, 5) is 32.1. The Bertz CT molecular complexity index is 1280. The van der Waals surface area contributed by atoms with Crippen LogP contribution in [0.2, 0.25) is 0 Å². The smallest absolute Gasteiger partial charge is 0.283 e. The van der Waals surface area contributed by atoms with Gasteiger partial charge in [0.15, 0.2) is 22.4 Å². The minimum atomic E-state index is -0.246. The van der Waals surface area contributed by atoms with E-state index in [1.165, 1.54) is 11.8 Å². The summed E-state index contributed by atoms with van der Waals surface area (Å²) in [5.41, 5.74) is 3.51. The first-order valence-corrected chi connectivity index (χ1v) is 11.4. The molecule has 0 fully saturated rings. The first-order chi connectivity index (χ1) is 16.1. The molecule has 0 N–H and O–H groups in total. The standard InChI is InChI=1S/C26H20N2O4S/c1-17-7-10-19(11-8-17)22(29)15-33-26-27-21(25(30)28(26)20-5-3-2-4-6-20)13-18-9-12-23-24(14-18)32-16-31-23/h2-14H,15-16H2,1H3. The predicted molar refractivity (Wildman–Crippen MR) is 130 cm³/mol. The number of hydrogen-bond donors (Lipinski definition) is 0. The molecule has 7 heteroatoms. The van der Waals surface area contributed by atoms with Crippen LogP contribution in [0.15, 0.2) is 83.5 Å². The molecule has 3 aromatic carbocycles. The summed E-state index contributed by atoms with van der Waals surface area (Å²) in [7, 11) is 0. The molecule has 6 nitrogen and oxygen atoms in total. The van der Waals surface area contributed by atoms with Crippen molar-refractivity contribution in [2.45, 2.75) is 6.92 Å². The second kappa shape index (κ2) is 8.96. The number of ether oxygens (including phenoxy) is 2. The van der Waals surface area contributed by atoms with E-state index in [1.807, 2.05) is 79.7 Å². The first kappa shape index (κ1) is 21.0. The summed E-state index contributed by atoms with van der Waals surface area (Å²) >= 11 is 1.25. The van der Waals surface area contributed by atoms with Crippen LogP contribution in [0.1, 0.15) is 21.5 Å². The molecule has 2 aliphatic heterocycles. The van der Waals surface area contributed by atoms with Gasteiger partial charge in [0, 0.05) is 5.56 Å². The quantitative estimate of drug-likeness (QED) is 0.395. The highest BCUT2D eigenvalue weighted by Crippen LogP contribution is 2.34. The van der Waals surface area contributed by atoms with Gasteiger partial charge in [0.2, 0.25) is 6.79 Å². The van der Waals surface area contributed by atoms with Crippen LogP contribution in [0.3, 0.4) is 0 Å². The fourth-order valence-corrected chi connectivity index (χ4v) is 4.42. The molecule has 0 unspecified atom stereocenters. The lowest BCUT2D eigenvalue weighted by Gasteiger charge is -2.17. The second-order valence-corrected chi connectivity index (χ2v) is 8.53. The molecule has 5 rings (SSSR count). The van der Waals surface area contributed by atoms with Gasteiger partial charge in [-0.25, -0.2) is 4.99 Å². The second-order valence-electron chi connectivity index (χ2n) is 7.59. The Labute approximate surface area is 195 Å². The molecule has 0 saturated carbocycles. The Morgan fingerprint density at radius 1 is 1.03 bits per heavy atom. The predicted octanol–water partition coefficient (Wildman–Crippen LogP) is 5.08. The first-order valence-electron chi connectivity index (χ1n) is 10.4. The number of para-hydroxylation sites is 1. The summed E-state index contributed by atoms with van der Waals surface area (Å²) in [6.07, 6.45) is 1.72. The van der Waals surface area contributed by atoms with Crippen LogP contribution >= 0.6 is 11.8 Å². The molecule has 3 aromatic rings. The Kier molecular flexibility index (Phi) is 5.71. The molecule has 0 aromatic heterocycles. The van der Waals surface area contributed by atoms with E-state index in [4.69, 9.17) is 9.47 Å². The van der Waals surface area contributed by atoms with E-state index < -0.39 is 0 Å². The summed E-state index contributed by atoms with van der Waals surface area (Å²) in [6, 6.07) is 22.2. The van der Waals surface area contributed by atoms with Crippen LogP contribution in [0, 0.1) is 6.92 Å². The van der Waals surface area contributed by atoms with E-state index in [9.17, 15) is 9.59 Å². The van der Waals surface area contributed by atoms with Crippen molar-refractivity contribution in [3.8, 4) is 11.5 Å². The topological polar surface area (TPSA) is 68.2 Å². The Hall–Kier alpha value is -3.84. The molecule has 0 aliphatic carbocycles. The SMILES string of the molecule is Cc1ccc(C(=O)CSC2=NC(=Cc3ccc4c(c3)OCO4)C(=O)N2c2ccccc2)cc1. The summed E-state index contributed by atoms with van der Waals surface area (Å²) in [5, 5.41) is 0.471. The van der Waals surface area contributed by atoms with Crippen LogP contribution in [0.4, 0.5) is 5.69 Å². The number of amides is 1. The number of rotatable bonds is 5. The molecule has 0 bridgehead atoms. The third kappa shape index (κ3) is 4.40. The Balaban J connectivity index is 1.42. The zero-order valence-corrected chi connectivity index (χ0v) is 18.7. The van der Waals surface area contributed by atoms with Crippen LogP contribution in [-0.4, -0.2) is 29.4 Å². The molecule has 1 amide bonds. The molecule has 164 valence electrons. The van der Waals surface area contributed by atoms with Crippen molar-refractivity contribution in [1.82, 2.24) is 0 Å². The maximum atomic E-state index is 13.3. The Morgan fingerprint density at radius 2 is 1.79 bits per heavy atom. The van der Waals surface area contributed by atoms with Gasteiger partial charge in [0.05, 0.1) is 11.4 Å². The zero-order chi connectivity index (χ0) is 22.8. The third-order valence-electron chi connectivity index (χ3n) is 5.25. The van der Waals surface area contributed by atoms with Gasteiger partial charge in [-0.15, -0.1) is 0 Å². The fraction of sp³-hybridized carbons (Fsp3) is 0.115. The van der Waals surface area contributed by atoms with E-state index >= 15 is 0 Å². The highest BCUT2D eigenvalue weighted by Gasteiger charge is 2.32. The summed E-state index contributed by atoms with van der Waals surface area (Å²) in [6.45, 7) is 2.16. The van der Waals surface area contributed by atoms with Gasteiger partial charge in [-0.3, -0.25) is 14.5 Å². The average Bonchev–Trinajstić information content (AvgIpc) is 3.42. The van der Waals surface area contributed by atoms with E-state index in [2.05, 4.69) is 4.99 Å². The van der Waals surface area contributed by atoms with Gasteiger partial charge >= 0.3 is 0 Å². The highest BCUT2D eigenvalue weighted by molar-refractivity contribution is 8.14. The lowest BCUT2D eigenvalue weighted by Crippen LogP contribution is -2.30. The number of hydrogen-bond acceptors (Lipinski definition) is 6. The van der Waals surface area contributed by atoms with Crippen molar-refractivity contribution < 1.29 is 19.1 Å². The molecule has 0 radical (unpaired) electrons. The van der Waals surface area contributed by atoms with Crippen LogP contribution in [0.25, 0.3) is 6.08 Å². The summed E-state index contributed by atoms with van der Waals surface area (Å²) < 4.78 is 10.8. The fourth-order valence-electron chi connectivity index (χ4n) is 3.51. The largest absolute Gasteiger partial charge is 0.454 e. The minimum absolute atomic E-state index is 0.0173. The van der Waals surface area contributed by atoms with Crippen LogP contribution in [-0.2, 0) is 4.79 Å². The average molecular weight is 457 g/mol. The zero-order valence-electron chi connectivity index (χ0n) is 17.9. The molecule has 0 spiro atoms. The van der Waals surface area contributed by atoms with E-state index in [0.717, 1.165) is 11.1 Å². The lowest BCUT2D eigenvalue weighted by atomic mass is 10.1. The van der Waals surface area contributed by atoms with E-state index in [1.54, 1.807) is 11.0 Å². The van der Waals surface area contributed by atoms with Crippen molar-refractivity contribution in [1.29, 1.82) is 0 Å². The lowest BCUT2D eigenvalue weighted by molar-refractivity contribution is -0.113. The highest BCUT2D eigenvalue weighted by atomic mass is 32.2. The molecule has 33 heavy (non-hydrogen) atoms. The maximum Gasteiger partial charge on any atom is 0.283 e. The number of carbonyl (C=O) groups excluding carboxylic acids is 2. The number of aryl methyl sites for hydroxylation is 1. The van der Waals surface area contributed by atoms with Gasteiger partial charge < -0.3 is 9.47 Å². The number of nitrogens with zero attached hydrogens (tertiary/aromatic N) is 2. The molecule has 2 heterocycles. The maximum absolute atomic E-state index is 13.3. The van der Waals surface area contributed by atoms with Crippen molar-refractivity contribution in [3.63, 3.8) is 0 Å². The number of thioether (sulfide) groups is 1. The number of carbonyl (C=O) groups is 2. The normalized spacial score (nSPS) is 15.8. The van der Waals surface area contributed by atoms with E-state index in [0.29, 0.717) is 33.6 Å². The number of fused-ring (bicyclic) bond motifs is 1. The van der Waals surface area contributed by atoms with Gasteiger partial charge in [-0.1, -0.05) is 65.9 Å². The molecular weight excluding hydrogens is 436 g/mol. The van der Waals surface area contributed by atoms with E-state index in [-0.39, 0.29) is 24.2 Å². The van der Waals surface area contributed by atoms with Gasteiger partial charge in [-0.05, 0) is 42.8 Å². The minimum Gasteiger partial charge on any atom is -0.454 e. The number of amidine groups is 1. The van der Waals surface area contributed by atoms with Crippen molar-refractivity contribution >= 4 is 40.4 Å². The number of benzene rings is 3. The number of ketones is 1. The molecule has 0 atom stereocenters. The van der Waals surface area contributed by atoms with Gasteiger partial charge in [0.1, 0.15) is 5.70 Å². The summed E-state index contributed by atoms with van der Waals surface area (Å²) in [5.74, 6) is 1.23. The van der Waals surface area contributed by atoms with Crippen molar-refractivity contribution in [2.24, 2.45) is 4.99 Å². The van der Waals surface area contributed by atoms with Crippen molar-refractivity contribution in [2.75, 3.05) is 17.4 Å². The van der Waals surface area contributed by atoms with Gasteiger partial charge in [-0.2, -0.15) is 0 Å². The van der Waals surface area contributed by atoms with Crippen molar-refractivity contribution in [3.05, 3.63) is 95.2 Å². The van der Waals surface area contributed by atoms with Crippen LogP contribution in [0.5, 0.6) is 11.5 Å². The number of aliphatic imine (C=N–C) groups is 1. The monoisotopic (exact) mass is 456 g/mol. The molecule has 0 saturated heterocycles. The molecule has 2 aliphatic rings. The number of Topliss-reactive ketones (excluding diaryl/α,β-unsaturated/α-hetero) is 1. The van der Waals surface area contributed by atoms with Gasteiger partial charge in [0.25, 0.3) is 5.91 Å². The Morgan fingerprint density at radius 3 is 2.58 bits per heavy atom.